The molecule has 22 heavy (non-hydrogen) atoms. The summed E-state index contributed by atoms with van der Waals surface area (Å²) in [6.07, 6.45) is 0. The molecule has 0 amide bonds. The van der Waals surface area contributed by atoms with Gasteiger partial charge >= 0.3 is 5.97 Å². The molecule has 0 aromatic heterocycles. The van der Waals surface area contributed by atoms with Gasteiger partial charge in [0.05, 0.1) is 6.61 Å². The molecule has 0 N–H and O–H groups in total. The number of carbonyl (C=O) groups is 2. The van der Waals surface area contributed by atoms with E-state index < -0.39 is 11.9 Å². The van der Waals surface area contributed by atoms with Crippen molar-refractivity contribution in [2.75, 3.05) is 6.61 Å². The van der Waals surface area contributed by atoms with E-state index in [1.54, 1.807) is 19.1 Å². The summed E-state index contributed by atoms with van der Waals surface area (Å²) in [4.78, 5) is 25.3. The van der Waals surface area contributed by atoms with Crippen molar-refractivity contribution in [3.05, 3.63) is 70.8 Å². The highest BCUT2D eigenvalue weighted by Gasteiger charge is 2.32. The first-order valence-corrected chi connectivity index (χ1v) is 7.38. The number of rotatable bonds is 5. The monoisotopic (exact) mass is 296 g/mol. The molecule has 1 unspecified atom stereocenters. The molecule has 0 aliphatic rings. The largest absolute Gasteiger partial charge is 0.465 e. The second kappa shape index (κ2) is 7.03. The third-order valence-electron chi connectivity index (χ3n) is 3.64. The van der Waals surface area contributed by atoms with E-state index in [9.17, 15) is 9.59 Å². The number of carbonyl (C=O) groups excluding carboxylic acids is 2. The summed E-state index contributed by atoms with van der Waals surface area (Å²) in [5.41, 5.74) is 3.00. The predicted octanol–water partition coefficient (Wildman–Crippen LogP) is 3.83. The number of benzene rings is 2. The predicted molar refractivity (Wildman–Crippen MR) is 86.1 cm³/mol. The van der Waals surface area contributed by atoms with Gasteiger partial charge in [-0.1, -0.05) is 48.5 Å². The zero-order valence-corrected chi connectivity index (χ0v) is 13.1. The molecule has 0 spiro atoms. The third-order valence-corrected chi connectivity index (χ3v) is 3.64. The van der Waals surface area contributed by atoms with Crippen LogP contribution in [0, 0.1) is 13.8 Å². The highest BCUT2D eigenvalue weighted by Crippen LogP contribution is 2.26. The molecule has 0 saturated carbocycles. The van der Waals surface area contributed by atoms with Gasteiger partial charge < -0.3 is 4.74 Å². The molecule has 0 bridgehead atoms. The topological polar surface area (TPSA) is 43.4 Å². The molecule has 1 atom stereocenters. The van der Waals surface area contributed by atoms with E-state index in [2.05, 4.69) is 0 Å². The van der Waals surface area contributed by atoms with Crippen molar-refractivity contribution >= 4 is 11.8 Å². The van der Waals surface area contributed by atoms with Crippen LogP contribution in [0.5, 0.6) is 0 Å². The van der Waals surface area contributed by atoms with E-state index in [-0.39, 0.29) is 12.4 Å². The summed E-state index contributed by atoms with van der Waals surface area (Å²) in [7, 11) is 0. The molecule has 0 aliphatic heterocycles. The Kier molecular flexibility index (Phi) is 5.10. The Hall–Kier alpha value is -2.42. The smallest absolute Gasteiger partial charge is 0.321 e. The van der Waals surface area contributed by atoms with E-state index in [4.69, 9.17) is 4.74 Å². The van der Waals surface area contributed by atoms with Crippen LogP contribution in [0.15, 0.2) is 48.5 Å². The molecular weight excluding hydrogens is 276 g/mol. The molecular formula is C19H20O3. The van der Waals surface area contributed by atoms with Gasteiger partial charge in [0.1, 0.15) is 5.92 Å². The van der Waals surface area contributed by atoms with Crippen LogP contribution >= 0.6 is 0 Å². The van der Waals surface area contributed by atoms with Crippen LogP contribution in [0.3, 0.4) is 0 Å². The molecule has 0 radical (unpaired) electrons. The molecule has 3 nitrogen and oxygen atoms in total. The number of ketones is 1. The number of hydrogen-bond donors (Lipinski definition) is 0. The van der Waals surface area contributed by atoms with Crippen LogP contribution in [0.25, 0.3) is 0 Å². The molecule has 0 saturated heterocycles. The molecule has 114 valence electrons. The van der Waals surface area contributed by atoms with Crippen molar-refractivity contribution in [3.8, 4) is 0 Å². The Morgan fingerprint density at radius 1 is 0.955 bits per heavy atom. The van der Waals surface area contributed by atoms with Crippen LogP contribution in [0.1, 0.15) is 39.9 Å². The second-order valence-corrected chi connectivity index (χ2v) is 5.23. The first-order valence-electron chi connectivity index (χ1n) is 7.38. The molecule has 2 aromatic carbocycles. The number of ether oxygens (including phenoxy) is 1. The van der Waals surface area contributed by atoms with Crippen LogP contribution < -0.4 is 0 Å². The first-order chi connectivity index (χ1) is 10.6. The summed E-state index contributed by atoms with van der Waals surface area (Å²) in [5, 5.41) is 0. The first kappa shape index (κ1) is 16.0. The van der Waals surface area contributed by atoms with Crippen molar-refractivity contribution in [2.45, 2.75) is 26.7 Å². The minimum Gasteiger partial charge on any atom is -0.465 e. The molecule has 0 aliphatic carbocycles. The van der Waals surface area contributed by atoms with Gasteiger partial charge in [-0.15, -0.1) is 0 Å². The fourth-order valence-electron chi connectivity index (χ4n) is 2.61. The maximum Gasteiger partial charge on any atom is 0.321 e. The van der Waals surface area contributed by atoms with Crippen molar-refractivity contribution in [3.63, 3.8) is 0 Å². The van der Waals surface area contributed by atoms with Gasteiger partial charge in [-0.05, 0) is 37.5 Å². The van der Waals surface area contributed by atoms with Gasteiger partial charge in [-0.3, -0.25) is 9.59 Å². The van der Waals surface area contributed by atoms with Gasteiger partial charge in [0.15, 0.2) is 5.78 Å². The average Bonchev–Trinajstić information content (AvgIpc) is 2.48. The van der Waals surface area contributed by atoms with Gasteiger partial charge in [0.25, 0.3) is 0 Å². The third kappa shape index (κ3) is 3.25. The molecule has 2 rings (SSSR count). The maximum atomic E-state index is 13.0. The fraction of sp³-hybridized carbons (Fsp3) is 0.263. The van der Waals surface area contributed by atoms with Gasteiger partial charge in [0.2, 0.25) is 0 Å². The lowest BCUT2D eigenvalue weighted by Crippen LogP contribution is -2.25. The fourth-order valence-corrected chi connectivity index (χ4v) is 2.61. The molecule has 0 fully saturated rings. The van der Waals surface area contributed by atoms with Crippen LogP contribution in [0.4, 0.5) is 0 Å². The average molecular weight is 296 g/mol. The van der Waals surface area contributed by atoms with E-state index in [1.807, 2.05) is 50.2 Å². The summed E-state index contributed by atoms with van der Waals surface area (Å²) < 4.78 is 5.12. The quantitative estimate of drug-likeness (QED) is 0.478. The number of aryl methyl sites for hydroxylation is 2. The minimum absolute atomic E-state index is 0.208. The standard InChI is InChI=1S/C19H20O3/c1-4-22-19(21)17(15-11-6-5-7-12-15)18(20)16-13(2)9-8-10-14(16)3/h5-12,17H,4H2,1-3H3. The second-order valence-electron chi connectivity index (χ2n) is 5.23. The van der Waals surface area contributed by atoms with Gasteiger partial charge in [-0.25, -0.2) is 0 Å². The Labute approximate surface area is 130 Å². The summed E-state index contributed by atoms with van der Waals surface area (Å²) in [6.45, 7) is 5.76. The SMILES string of the molecule is CCOC(=O)C(C(=O)c1c(C)cccc1C)c1ccccc1. The van der Waals surface area contributed by atoms with E-state index in [0.29, 0.717) is 11.1 Å². The Morgan fingerprint density at radius 2 is 1.55 bits per heavy atom. The van der Waals surface area contributed by atoms with E-state index in [1.165, 1.54) is 0 Å². The highest BCUT2D eigenvalue weighted by atomic mass is 16.5. The molecule has 2 aromatic rings. The van der Waals surface area contributed by atoms with Crippen LogP contribution in [-0.2, 0) is 9.53 Å². The number of esters is 1. The Morgan fingerprint density at radius 3 is 2.09 bits per heavy atom. The van der Waals surface area contributed by atoms with Crippen molar-refractivity contribution in [1.82, 2.24) is 0 Å². The zero-order valence-electron chi connectivity index (χ0n) is 13.1. The molecule has 3 heteroatoms. The zero-order chi connectivity index (χ0) is 16.1. The molecule has 0 heterocycles. The summed E-state index contributed by atoms with van der Waals surface area (Å²) in [6, 6.07) is 14.7. The lowest BCUT2D eigenvalue weighted by atomic mass is 9.87. The summed E-state index contributed by atoms with van der Waals surface area (Å²) in [5.74, 6) is -1.62. The highest BCUT2D eigenvalue weighted by molar-refractivity contribution is 6.14. The lowest BCUT2D eigenvalue weighted by molar-refractivity contribution is -0.143. The van der Waals surface area contributed by atoms with E-state index in [0.717, 1.165) is 11.1 Å². The number of hydrogen-bond acceptors (Lipinski definition) is 3. The van der Waals surface area contributed by atoms with Crippen molar-refractivity contribution in [2.24, 2.45) is 0 Å². The lowest BCUT2D eigenvalue weighted by Gasteiger charge is -2.17. The van der Waals surface area contributed by atoms with Crippen molar-refractivity contribution in [1.29, 1.82) is 0 Å². The van der Waals surface area contributed by atoms with Crippen LogP contribution in [0.2, 0.25) is 0 Å². The van der Waals surface area contributed by atoms with E-state index >= 15 is 0 Å². The Balaban J connectivity index is 2.50. The van der Waals surface area contributed by atoms with Gasteiger partial charge in [0, 0.05) is 5.56 Å². The minimum atomic E-state index is -0.916. The number of Topliss-reactive ketones (excluding diaryl/α,β-unsaturated/α-hetero) is 1. The summed E-state index contributed by atoms with van der Waals surface area (Å²) >= 11 is 0. The van der Waals surface area contributed by atoms with Crippen molar-refractivity contribution < 1.29 is 14.3 Å². The van der Waals surface area contributed by atoms with Gasteiger partial charge in [-0.2, -0.15) is 0 Å². The van der Waals surface area contributed by atoms with Crippen LogP contribution in [-0.4, -0.2) is 18.4 Å². The maximum absolute atomic E-state index is 13.0. The normalized spacial score (nSPS) is 11.8. The Bertz CT molecular complexity index is 654.